The Labute approximate surface area is 197 Å². The summed E-state index contributed by atoms with van der Waals surface area (Å²) >= 11 is 0. The van der Waals surface area contributed by atoms with Crippen molar-refractivity contribution >= 4 is 33.8 Å². The zero-order valence-corrected chi connectivity index (χ0v) is 19.3. The van der Waals surface area contributed by atoms with E-state index in [1.54, 1.807) is 36.4 Å². The average molecular weight is 482 g/mol. The first-order valence-corrected chi connectivity index (χ1v) is 11.7. The fourth-order valence-electron chi connectivity index (χ4n) is 2.84. The minimum absolute atomic E-state index is 0.0896. The van der Waals surface area contributed by atoms with Crippen molar-refractivity contribution in [3.05, 3.63) is 89.5 Å². The van der Waals surface area contributed by atoms with Crippen molar-refractivity contribution in [2.45, 2.75) is 11.8 Å². The Morgan fingerprint density at radius 2 is 1.53 bits per heavy atom. The van der Waals surface area contributed by atoms with Crippen LogP contribution in [0.15, 0.2) is 82.8 Å². The lowest BCUT2D eigenvalue weighted by Gasteiger charge is -2.09. The summed E-state index contributed by atoms with van der Waals surface area (Å²) in [4.78, 5) is 23.8. The van der Waals surface area contributed by atoms with Crippen LogP contribution in [0, 0.1) is 0 Å². The number of sulfonamides is 1. The molecule has 0 aliphatic heterocycles. The monoisotopic (exact) mass is 481 g/mol. The molecule has 0 fully saturated rings. The van der Waals surface area contributed by atoms with Crippen molar-refractivity contribution in [2.75, 3.05) is 18.4 Å². The number of hydrazone groups is 1. The Kier molecular flexibility index (Phi) is 7.99. The van der Waals surface area contributed by atoms with Gasteiger partial charge in [0.2, 0.25) is 0 Å². The van der Waals surface area contributed by atoms with Crippen LogP contribution in [-0.4, -0.2) is 40.2 Å². The molecule has 3 aromatic rings. The van der Waals surface area contributed by atoms with E-state index in [0.717, 1.165) is 0 Å². The number of hydrogen-bond acceptors (Lipinski definition) is 7. The maximum absolute atomic E-state index is 12.6. The summed E-state index contributed by atoms with van der Waals surface area (Å²) in [7, 11) is -2.49. The quantitative estimate of drug-likeness (QED) is 0.274. The van der Waals surface area contributed by atoms with Crippen molar-refractivity contribution in [3.63, 3.8) is 0 Å². The van der Waals surface area contributed by atoms with Crippen LogP contribution in [-0.2, 0) is 14.8 Å². The van der Waals surface area contributed by atoms with Gasteiger partial charge in [-0.2, -0.15) is 5.10 Å². The third-order valence-corrected chi connectivity index (χ3v) is 5.95. The molecule has 0 unspecified atom stereocenters. The van der Waals surface area contributed by atoms with Crippen LogP contribution in [0.4, 0.5) is 5.69 Å². The van der Waals surface area contributed by atoms with Gasteiger partial charge >= 0.3 is 5.97 Å². The first kappa shape index (κ1) is 24.5. The van der Waals surface area contributed by atoms with Crippen molar-refractivity contribution < 1.29 is 27.5 Å². The van der Waals surface area contributed by atoms with E-state index in [4.69, 9.17) is 4.74 Å². The normalized spacial score (nSPS) is 11.1. The molecule has 2 N–H and O–H groups in total. The molecular formula is C24H23N3O6S. The lowest BCUT2D eigenvalue weighted by Crippen LogP contribution is -2.18. The second kappa shape index (κ2) is 11.1. The molecule has 3 aromatic carbocycles. The maximum Gasteiger partial charge on any atom is 0.337 e. The van der Waals surface area contributed by atoms with Gasteiger partial charge in [-0.3, -0.25) is 9.52 Å². The number of amides is 1. The molecule has 0 saturated carbocycles. The molecule has 0 spiro atoms. The Hall–Kier alpha value is -4.18. The summed E-state index contributed by atoms with van der Waals surface area (Å²) < 4.78 is 37.6. The van der Waals surface area contributed by atoms with E-state index in [1.807, 2.05) is 6.92 Å². The molecule has 0 aliphatic rings. The van der Waals surface area contributed by atoms with Crippen LogP contribution in [0.1, 0.15) is 33.2 Å². The van der Waals surface area contributed by atoms with E-state index >= 15 is 0 Å². The van der Waals surface area contributed by atoms with Crippen LogP contribution in [0.5, 0.6) is 5.75 Å². The van der Waals surface area contributed by atoms with Crippen molar-refractivity contribution in [2.24, 2.45) is 5.10 Å². The number of rotatable bonds is 9. The predicted molar refractivity (Wildman–Crippen MR) is 128 cm³/mol. The molecule has 9 nitrogen and oxygen atoms in total. The van der Waals surface area contributed by atoms with Gasteiger partial charge in [0.1, 0.15) is 5.75 Å². The van der Waals surface area contributed by atoms with Gasteiger partial charge in [-0.05, 0) is 73.2 Å². The molecule has 0 heterocycles. The van der Waals surface area contributed by atoms with E-state index < -0.39 is 21.9 Å². The molecule has 0 bridgehead atoms. The summed E-state index contributed by atoms with van der Waals surface area (Å²) in [5, 5.41) is 3.89. The third-order valence-electron chi connectivity index (χ3n) is 4.56. The van der Waals surface area contributed by atoms with E-state index in [-0.39, 0.29) is 4.90 Å². The molecule has 34 heavy (non-hydrogen) atoms. The van der Waals surface area contributed by atoms with Gasteiger partial charge < -0.3 is 9.47 Å². The zero-order chi connectivity index (χ0) is 24.6. The summed E-state index contributed by atoms with van der Waals surface area (Å²) in [5.41, 5.74) is 4.07. The number of anilines is 1. The standard InChI is InChI=1S/C24H23N3O6S/c1-3-33-21-12-14-22(15-13-21)34(30,31)27-20-10-8-18(9-11-20)23(28)26-25-16-17-4-6-19(7-5-17)24(29)32-2/h4-16,27H,3H2,1-2H3,(H,26,28)/b25-16+. The molecule has 0 aromatic heterocycles. The van der Waals surface area contributed by atoms with Gasteiger partial charge in [0.25, 0.3) is 15.9 Å². The van der Waals surface area contributed by atoms with E-state index in [0.29, 0.717) is 34.7 Å². The average Bonchev–Trinajstić information content (AvgIpc) is 2.84. The van der Waals surface area contributed by atoms with Crippen LogP contribution < -0.4 is 14.9 Å². The number of carbonyl (C=O) groups excluding carboxylic acids is 2. The molecule has 10 heteroatoms. The van der Waals surface area contributed by atoms with Crippen molar-refractivity contribution in [3.8, 4) is 5.75 Å². The van der Waals surface area contributed by atoms with E-state index in [1.165, 1.54) is 49.7 Å². The zero-order valence-electron chi connectivity index (χ0n) is 18.5. The van der Waals surface area contributed by atoms with Gasteiger partial charge in [0.05, 0.1) is 30.4 Å². The Bertz CT molecular complexity index is 1270. The highest BCUT2D eigenvalue weighted by molar-refractivity contribution is 7.92. The third kappa shape index (κ3) is 6.42. The Morgan fingerprint density at radius 1 is 0.912 bits per heavy atom. The second-order valence-electron chi connectivity index (χ2n) is 6.90. The molecule has 0 atom stereocenters. The van der Waals surface area contributed by atoms with Gasteiger partial charge in [-0.15, -0.1) is 0 Å². The van der Waals surface area contributed by atoms with E-state index in [9.17, 15) is 18.0 Å². The van der Waals surface area contributed by atoms with Crippen molar-refractivity contribution in [1.29, 1.82) is 0 Å². The highest BCUT2D eigenvalue weighted by atomic mass is 32.2. The number of benzene rings is 3. The summed E-state index contributed by atoms with van der Waals surface area (Å²) in [5.74, 6) is -0.331. The lowest BCUT2D eigenvalue weighted by atomic mass is 10.1. The van der Waals surface area contributed by atoms with Gasteiger partial charge in [0, 0.05) is 11.3 Å². The number of nitrogens with one attached hydrogen (secondary N) is 2. The maximum atomic E-state index is 12.6. The van der Waals surface area contributed by atoms with Gasteiger partial charge in [0.15, 0.2) is 0 Å². The fraction of sp³-hybridized carbons (Fsp3) is 0.125. The predicted octanol–water partition coefficient (Wildman–Crippen LogP) is 3.44. The molecule has 0 saturated heterocycles. The lowest BCUT2D eigenvalue weighted by molar-refractivity contribution is 0.0600. The molecule has 176 valence electrons. The molecule has 0 radical (unpaired) electrons. The van der Waals surface area contributed by atoms with Crippen LogP contribution >= 0.6 is 0 Å². The summed E-state index contributed by atoms with van der Waals surface area (Å²) in [6.07, 6.45) is 1.43. The van der Waals surface area contributed by atoms with Gasteiger partial charge in [-0.25, -0.2) is 18.6 Å². The van der Waals surface area contributed by atoms with Crippen molar-refractivity contribution in [1.82, 2.24) is 5.43 Å². The number of carbonyl (C=O) groups is 2. The topological polar surface area (TPSA) is 123 Å². The van der Waals surface area contributed by atoms with Crippen LogP contribution in [0.3, 0.4) is 0 Å². The number of methoxy groups -OCH3 is 1. The summed E-state index contributed by atoms with van der Waals surface area (Å²) in [6.45, 7) is 2.33. The minimum atomic E-state index is -3.79. The molecule has 0 aliphatic carbocycles. The first-order chi connectivity index (χ1) is 16.3. The number of ether oxygens (including phenoxy) is 2. The minimum Gasteiger partial charge on any atom is -0.494 e. The smallest absolute Gasteiger partial charge is 0.337 e. The summed E-state index contributed by atoms with van der Waals surface area (Å²) in [6, 6.07) is 18.5. The molecular weight excluding hydrogens is 458 g/mol. The highest BCUT2D eigenvalue weighted by Crippen LogP contribution is 2.19. The SMILES string of the molecule is CCOc1ccc(S(=O)(=O)Nc2ccc(C(=O)N/N=C/c3ccc(C(=O)OC)cc3)cc2)cc1. The second-order valence-corrected chi connectivity index (χ2v) is 8.58. The largest absolute Gasteiger partial charge is 0.494 e. The first-order valence-electron chi connectivity index (χ1n) is 10.2. The van der Waals surface area contributed by atoms with Crippen LogP contribution in [0.25, 0.3) is 0 Å². The Morgan fingerprint density at radius 3 is 2.12 bits per heavy atom. The number of hydrogen-bond donors (Lipinski definition) is 2. The van der Waals surface area contributed by atoms with E-state index in [2.05, 4.69) is 20.0 Å². The number of esters is 1. The Balaban J connectivity index is 1.58. The molecule has 1 amide bonds. The highest BCUT2D eigenvalue weighted by Gasteiger charge is 2.15. The fourth-order valence-corrected chi connectivity index (χ4v) is 3.90. The van der Waals surface area contributed by atoms with Gasteiger partial charge in [-0.1, -0.05) is 12.1 Å². The number of nitrogens with zero attached hydrogens (tertiary/aromatic N) is 1. The van der Waals surface area contributed by atoms with Crippen LogP contribution in [0.2, 0.25) is 0 Å². The molecule has 3 rings (SSSR count).